The van der Waals surface area contributed by atoms with Gasteiger partial charge in [0.1, 0.15) is 12.4 Å². The van der Waals surface area contributed by atoms with Gasteiger partial charge in [-0.15, -0.1) is 0 Å². The van der Waals surface area contributed by atoms with Gasteiger partial charge in [0.2, 0.25) is 5.88 Å². The number of aromatic nitrogens is 1. The number of hydrogen-bond acceptors (Lipinski definition) is 5. The number of nitrogens with zero attached hydrogens (tertiary/aromatic N) is 1. The van der Waals surface area contributed by atoms with E-state index in [1.807, 2.05) is 45.9 Å². The van der Waals surface area contributed by atoms with E-state index in [1.54, 1.807) is 18.2 Å². The van der Waals surface area contributed by atoms with Crippen molar-refractivity contribution in [3.63, 3.8) is 0 Å². The van der Waals surface area contributed by atoms with Crippen LogP contribution in [0.25, 0.3) is 0 Å². The minimum absolute atomic E-state index is 0.198. The van der Waals surface area contributed by atoms with Crippen LogP contribution in [0.1, 0.15) is 38.1 Å². The first-order valence-corrected chi connectivity index (χ1v) is 8.65. The van der Waals surface area contributed by atoms with Gasteiger partial charge in [-0.25, -0.2) is 4.98 Å². The first-order chi connectivity index (χ1) is 12.4. The highest BCUT2D eigenvalue weighted by Crippen LogP contribution is 2.24. The molecule has 6 heteroatoms. The number of nitrogens with one attached hydrogen (secondary N) is 1. The zero-order valence-electron chi connectivity index (χ0n) is 15.7. The zero-order valence-corrected chi connectivity index (χ0v) is 15.7. The van der Waals surface area contributed by atoms with Gasteiger partial charge in [0.05, 0.1) is 30.1 Å². The van der Waals surface area contributed by atoms with Gasteiger partial charge in [0.15, 0.2) is 0 Å². The molecule has 0 aliphatic carbocycles. The van der Waals surface area contributed by atoms with Crippen LogP contribution in [0.15, 0.2) is 42.6 Å². The van der Waals surface area contributed by atoms with E-state index >= 15 is 0 Å². The van der Waals surface area contributed by atoms with Gasteiger partial charge in [-0.1, -0.05) is 12.1 Å². The molecule has 2 rings (SSSR count). The second-order valence-electron chi connectivity index (χ2n) is 6.58. The maximum atomic E-state index is 12.4. The Bertz CT molecular complexity index is 708. The summed E-state index contributed by atoms with van der Waals surface area (Å²) in [5, 5.41) is 2.84. The molecule has 0 saturated carbocycles. The molecule has 0 atom stereocenters. The van der Waals surface area contributed by atoms with Crippen LogP contribution in [0.5, 0.6) is 11.6 Å². The third-order valence-electron chi connectivity index (χ3n) is 3.30. The van der Waals surface area contributed by atoms with Crippen molar-refractivity contribution in [3.8, 4) is 11.6 Å². The summed E-state index contributed by atoms with van der Waals surface area (Å²) >= 11 is 0. The van der Waals surface area contributed by atoms with Crippen molar-refractivity contribution >= 4 is 11.6 Å². The lowest BCUT2D eigenvalue weighted by Crippen LogP contribution is -2.22. The van der Waals surface area contributed by atoms with Crippen LogP contribution in [0.4, 0.5) is 5.69 Å². The summed E-state index contributed by atoms with van der Waals surface area (Å²) in [5.41, 5.74) is 0.866. The van der Waals surface area contributed by atoms with Crippen molar-refractivity contribution in [2.24, 2.45) is 0 Å². The second-order valence-corrected chi connectivity index (χ2v) is 6.58. The van der Waals surface area contributed by atoms with Crippen molar-refractivity contribution < 1.29 is 19.0 Å². The summed E-state index contributed by atoms with van der Waals surface area (Å²) in [5.74, 6) is 0.830. The van der Waals surface area contributed by atoms with Crippen LogP contribution in [-0.2, 0) is 4.74 Å². The van der Waals surface area contributed by atoms with Crippen molar-refractivity contribution in [2.75, 3.05) is 25.1 Å². The van der Waals surface area contributed by atoms with Gasteiger partial charge in [0, 0.05) is 12.3 Å². The number of amides is 1. The van der Waals surface area contributed by atoms with E-state index in [4.69, 9.17) is 14.2 Å². The average molecular weight is 358 g/mol. The van der Waals surface area contributed by atoms with Gasteiger partial charge in [-0.05, 0) is 45.9 Å². The molecule has 2 aromatic rings. The summed E-state index contributed by atoms with van der Waals surface area (Å²) in [7, 11) is 0. The molecule has 6 nitrogen and oxygen atoms in total. The number of ether oxygens (including phenoxy) is 3. The molecule has 1 heterocycles. The highest BCUT2D eigenvalue weighted by atomic mass is 16.5. The molecule has 0 spiro atoms. The third-order valence-corrected chi connectivity index (χ3v) is 3.30. The van der Waals surface area contributed by atoms with Crippen LogP contribution in [0, 0.1) is 0 Å². The first kappa shape index (κ1) is 19.7. The zero-order chi connectivity index (χ0) is 19.0. The molecule has 0 aliphatic rings. The molecular formula is C20H26N2O4. The largest absolute Gasteiger partial charge is 0.492 e. The number of anilines is 1. The lowest BCUT2D eigenvalue weighted by Gasteiger charge is -2.19. The summed E-state index contributed by atoms with van der Waals surface area (Å²) < 4.78 is 16.6. The fourth-order valence-electron chi connectivity index (χ4n) is 2.14. The van der Waals surface area contributed by atoms with Gasteiger partial charge in [-0.2, -0.15) is 0 Å². The Labute approximate surface area is 154 Å². The number of carbonyl (C=O) groups excluding carboxylic acids is 1. The number of pyridine rings is 1. The quantitative estimate of drug-likeness (QED) is 0.724. The van der Waals surface area contributed by atoms with E-state index in [9.17, 15) is 4.79 Å². The lowest BCUT2D eigenvalue weighted by molar-refractivity contribution is -0.0168. The summed E-state index contributed by atoms with van der Waals surface area (Å²) in [4.78, 5) is 16.5. The lowest BCUT2D eigenvalue weighted by atomic mass is 10.2. The first-order valence-electron chi connectivity index (χ1n) is 8.65. The number of para-hydroxylation sites is 2. The van der Waals surface area contributed by atoms with E-state index in [0.29, 0.717) is 42.7 Å². The second kappa shape index (κ2) is 9.20. The molecule has 1 aromatic heterocycles. The minimum atomic E-state index is -0.257. The van der Waals surface area contributed by atoms with E-state index in [0.717, 1.165) is 0 Å². The molecule has 1 N–H and O–H groups in total. The summed E-state index contributed by atoms with van der Waals surface area (Å²) in [6, 6.07) is 10.6. The molecule has 0 radical (unpaired) electrons. The number of benzene rings is 1. The van der Waals surface area contributed by atoms with E-state index in [1.165, 1.54) is 6.20 Å². The predicted molar refractivity (Wildman–Crippen MR) is 101 cm³/mol. The Hall–Kier alpha value is -2.60. The fourth-order valence-corrected chi connectivity index (χ4v) is 2.14. The van der Waals surface area contributed by atoms with Gasteiger partial charge < -0.3 is 19.5 Å². The van der Waals surface area contributed by atoms with E-state index < -0.39 is 0 Å². The Morgan fingerprint density at radius 1 is 1.08 bits per heavy atom. The normalized spacial score (nSPS) is 11.1. The van der Waals surface area contributed by atoms with Crippen LogP contribution < -0.4 is 14.8 Å². The third kappa shape index (κ3) is 6.37. The molecule has 0 saturated heterocycles. The number of hydrogen-bond donors (Lipinski definition) is 1. The smallest absolute Gasteiger partial charge is 0.257 e. The Balaban J connectivity index is 1.90. The average Bonchev–Trinajstić information content (AvgIpc) is 2.60. The fraction of sp³-hybridized carbons (Fsp3) is 0.400. The van der Waals surface area contributed by atoms with Crippen LogP contribution in [0.3, 0.4) is 0 Å². The maximum absolute atomic E-state index is 12.4. The highest BCUT2D eigenvalue weighted by molar-refractivity contribution is 6.04. The molecule has 26 heavy (non-hydrogen) atoms. The van der Waals surface area contributed by atoms with E-state index in [2.05, 4.69) is 10.3 Å². The predicted octanol–water partition coefficient (Wildman–Crippen LogP) is 3.93. The van der Waals surface area contributed by atoms with Gasteiger partial charge in [-0.3, -0.25) is 4.79 Å². The SMILES string of the molecule is CCOc1ccccc1NC(=O)c1ccc(OCCOC(C)(C)C)nc1. The van der Waals surface area contributed by atoms with E-state index in [-0.39, 0.29) is 11.5 Å². The molecule has 0 fully saturated rings. The molecule has 0 aliphatic heterocycles. The van der Waals surface area contributed by atoms with Crippen LogP contribution >= 0.6 is 0 Å². The Morgan fingerprint density at radius 3 is 2.50 bits per heavy atom. The molecule has 140 valence electrons. The number of carbonyl (C=O) groups is 1. The summed E-state index contributed by atoms with van der Waals surface area (Å²) in [6.07, 6.45) is 1.48. The molecule has 1 aromatic carbocycles. The van der Waals surface area contributed by atoms with Gasteiger partial charge >= 0.3 is 0 Å². The van der Waals surface area contributed by atoms with Crippen LogP contribution in [-0.4, -0.2) is 36.3 Å². The molecule has 1 amide bonds. The van der Waals surface area contributed by atoms with Crippen LogP contribution in [0.2, 0.25) is 0 Å². The number of rotatable bonds is 8. The van der Waals surface area contributed by atoms with Crippen molar-refractivity contribution in [2.45, 2.75) is 33.3 Å². The maximum Gasteiger partial charge on any atom is 0.257 e. The Morgan fingerprint density at radius 2 is 1.85 bits per heavy atom. The van der Waals surface area contributed by atoms with Crippen molar-refractivity contribution in [3.05, 3.63) is 48.2 Å². The minimum Gasteiger partial charge on any atom is -0.492 e. The Kier molecular flexibility index (Phi) is 6.97. The molecule has 0 bridgehead atoms. The monoisotopic (exact) mass is 358 g/mol. The molecular weight excluding hydrogens is 332 g/mol. The summed E-state index contributed by atoms with van der Waals surface area (Å²) in [6.45, 7) is 9.26. The molecule has 0 unspecified atom stereocenters. The van der Waals surface area contributed by atoms with Crippen molar-refractivity contribution in [1.82, 2.24) is 4.98 Å². The highest BCUT2D eigenvalue weighted by Gasteiger charge is 2.11. The van der Waals surface area contributed by atoms with Crippen molar-refractivity contribution in [1.29, 1.82) is 0 Å². The topological polar surface area (TPSA) is 69.7 Å². The van der Waals surface area contributed by atoms with Gasteiger partial charge in [0.25, 0.3) is 5.91 Å². The standard InChI is InChI=1S/C20H26N2O4/c1-5-24-17-9-7-6-8-16(17)22-19(23)15-10-11-18(21-14-15)25-12-13-26-20(2,3)4/h6-11,14H,5,12-13H2,1-4H3,(H,22,23).